The zero-order chi connectivity index (χ0) is 22.3. The van der Waals surface area contributed by atoms with Crippen molar-refractivity contribution in [2.45, 2.75) is 37.9 Å². The van der Waals surface area contributed by atoms with Gasteiger partial charge in [0.2, 0.25) is 10.0 Å². The van der Waals surface area contributed by atoms with E-state index in [-0.39, 0.29) is 23.0 Å². The molecule has 0 aliphatic carbocycles. The van der Waals surface area contributed by atoms with Crippen LogP contribution in [0.5, 0.6) is 0 Å². The van der Waals surface area contributed by atoms with Crippen LogP contribution >= 0.6 is 22.9 Å². The molecule has 1 N–H and O–H groups in total. The number of benzene rings is 2. The first-order chi connectivity index (χ1) is 14.6. The first-order valence-electron chi connectivity index (χ1n) is 9.78. The van der Waals surface area contributed by atoms with Crippen LogP contribution in [0.25, 0.3) is 10.2 Å². The SMILES string of the molecule is Cc1c(Cl)ccc2sc(NC(=O)c3ccc(S(=O)(=O)N4C[C@@H](C)O[C@@H](C)C4)cc3)nc12. The van der Waals surface area contributed by atoms with Crippen LogP contribution in [-0.2, 0) is 14.8 Å². The highest BCUT2D eigenvalue weighted by atomic mass is 35.5. The predicted octanol–water partition coefficient (Wildman–Crippen LogP) is 4.31. The number of amides is 1. The van der Waals surface area contributed by atoms with Crippen molar-refractivity contribution in [2.24, 2.45) is 0 Å². The number of hydrogen-bond acceptors (Lipinski definition) is 6. The Balaban J connectivity index is 1.51. The van der Waals surface area contributed by atoms with Gasteiger partial charge in [-0.15, -0.1) is 0 Å². The molecule has 2 aromatic carbocycles. The van der Waals surface area contributed by atoms with Gasteiger partial charge in [0.1, 0.15) is 0 Å². The number of anilines is 1. The first-order valence-corrected chi connectivity index (χ1v) is 12.4. The molecule has 2 atom stereocenters. The second-order valence-corrected chi connectivity index (χ2v) is 11.0. The zero-order valence-corrected chi connectivity index (χ0v) is 19.6. The number of fused-ring (bicyclic) bond motifs is 1. The molecular formula is C21H22ClN3O4S2. The Hall–Kier alpha value is -2.04. The molecule has 2 heterocycles. The van der Waals surface area contributed by atoms with Gasteiger partial charge < -0.3 is 4.74 Å². The predicted molar refractivity (Wildman–Crippen MR) is 123 cm³/mol. The second-order valence-electron chi connectivity index (χ2n) is 7.60. The quantitative estimate of drug-likeness (QED) is 0.602. The fourth-order valence-electron chi connectivity index (χ4n) is 3.58. The van der Waals surface area contributed by atoms with Crippen LogP contribution in [0.4, 0.5) is 5.13 Å². The van der Waals surface area contributed by atoms with Gasteiger partial charge in [-0.2, -0.15) is 4.31 Å². The molecule has 0 spiro atoms. The van der Waals surface area contributed by atoms with Crippen LogP contribution in [-0.4, -0.2) is 48.9 Å². The Morgan fingerprint density at radius 1 is 1.16 bits per heavy atom. The lowest BCUT2D eigenvalue weighted by atomic mass is 10.2. The van der Waals surface area contributed by atoms with Gasteiger partial charge in [-0.3, -0.25) is 10.1 Å². The number of nitrogens with zero attached hydrogens (tertiary/aromatic N) is 2. The minimum atomic E-state index is -3.66. The van der Waals surface area contributed by atoms with Crippen molar-refractivity contribution in [3.8, 4) is 0 Å². The molecule has 3 aromatic rings. The van der Waals surface area contributed by atoms with Gasteiger partial charge in [-0.25, -0.2) is 13.4 Å². The minimum Gasteiger partial charge on any atom is -0.373 e. The summed E-state index contributed by atoms with van der Waals surface area (Å²) < 4.78 is 33.9. The summed E-state index contributed by atoms with van der Waals surface area (Å²) in [5.74, 6) is -0.361. The Bertz CT molecular complexity index is 1230. The van der Waals surface area contributed by atoms with Crippen LogP contribution < -0.4 is 5.32 Å². The third-order valence-corrected chi connectivity index (χ3v) is 8.30. The van der Waals surface area contributed by atoms with E-state index in [9.17, 15) is 13.2 Å². The van der Waals surface area contributed by atoms with Gasteiger partial charge in [0.25, 0.3) is 5.91 Å². The van der Waals surface area contributed by atoms with Gasteiger partial charge >= 0.3 is 0 Å². The molecule has 1 amide bonds. The zero-order valence-electron chi connectivity index (χ0n) is 17.3. The lowest BCUT2D eigenvalue weighted by Gasteiger charge is -2.34. The fourth-order valence-corrected chi connectivity index (χ4v) is 6.24. The number of sulfonamides is 1. The summed E-state index contributed by atoms with van der Waals surface area (Å²) in [5, 5.41) is 3.86. The van der Waals surface area contributed by atoms with Gasteiger partial charge in [0.05, 0.1) is 27.3 Å². The van der Waals surface area contributed by atoms with Crippen LogP contribution in [0.3, 0.4) is 0 Å². The minimum absolute atomic E-state index is 0.149. The summed E-state index contributed by atoms with van der Waals surface area (Å²) in [6.07, 6.45) is -0.341. The first kappa shape index (κ1) is 22.2. The summed E-state index contributed by atoms with van der Waals surface area (Å²) in [6, 6.07) is 9.59. The molecule has 0 unspecified atom stereocenters. The largest absolute Gasteiger partial charge is 0.373 e. The number of carbonyl (C=O) groups excluding carboxylic acids is 1. The van der Waals surface area contributed by atoms with Crippen molar-refractivity contribution in [2.75, 3.05) is 18.4 Å². The number of nitrogens with one attached hydrogen (secondary N) is 1. The van der Waals surface area contributed by atoms with E-state index in [2.05, 4.69) is 10.3 Å². The van der Waals surface area contributed by atoms with Crippen LogP contribution in [0.15, 0.2) is 41.3 Å². The maximum absolute atomic E-state index is 13.0. The van der Waals surface area contributed by atoms with Crippen molar-refractivity contribution < 1.29 is 17.9 Å². The molecule has 7 nitrogen and oxygen atoms in total. The van der Waals surface area contributed by atoms with Crippen molar-refractivity contribution in [1.82, 2.24) is 9.29 Å². The van der Waals surface area contributed by atoms with E-state index in [4.69, 9.17) is 16.3 Å². The number of aryl methyl sites for hydroxylation is 1. The molecule has 0 saturated carbocycles. The molecule has 0 bridgehead atoms. The molecule has 164 valence electrons. The van der Waals surface area contributed by atoms with Crippen LogP contribution in [0.2, 0.25) is 5.02 Å². The number of ether oxygens (including phenoxy) is 1. The van der Waals surface area contributed by atoms with Crippen molar-refractivity contribution >= 4 is 54.2 Å². The topological polar surface area (TPSA) is 88.6 Å². The monoisotopic (exact) mass is 479 g/mol. The average molecular weight is 480 g/mol. The molecule has 1 fully saturated rings. The lowest BCUT2D eigenvalue weighted by molar-refractivity contribution is -0.0440. The van der Waals surface area contributed by atoms with E-state index in [0.29, 0.717) is 28.8 Å². The molecule has 0 radical (unpaired) electrons. The molecule has 1 aliphatic heterocycles. The number of halogens is 1. The number of hydrogen-bond donors (Lipinski definition) is 1. The molecule has 1 aliphatic rings. The summed E-state index contributed by atoms with van der Waals surface area (Å²) >= 11 is 7.49. The van der Waals surface area contributed by atoms with E-state index < -0.39 is 10.0 Å². The molecular weight excluding hydrogens is 458 g/mol. The van der Waals surface area contributed by atoms with Crippen LogP contribution in [0.1, 0.15) is 29.8 Å². The molecule has 10 heteroatoms. The summed E-state index contributed by atoms with van der Waals surface area (Å²) in [6.45, 7) is 6.18. The van der Waals surface area contributed by atoms with Crippen molar-refractivity contribution in [3.63, 3.8) is 0 Å². The maximum Gasteiger partial charge on any atom is 0.257 e. The van der Waals surface area contributed by atoms with Gasteiger partial charge in [-0.05, 0) is 62.7 Å². The lowest BCUT2D eigenvalue weighted by Crippen LogP contribution is -2.48. The molecule has 1 saturated heterocycles. The maximum atomic E-state index is 13.0. The summed E-state index contributed by atoms with van der Waals surface area (Å²) in [4.78, 5) is 17.3. The van der Waals surface area contributed by atoms with Gasteiger partial charge in [0.15, 0.2) is 5.13 Å². The summed E-state index contributed by atoms with van der Waals surface area (Å²) in [7, 11) is -3.66. The van der Waals surface area contributed by atoms with Crippen molar-refractivity contribution in [1.29, 1.82) is 0 Å². The highest BCUT2D eigenvalue weighted by Gasteiger charge is 2.32. The highest BCUT2D eigenvalue weighted by Crippen LogP contribution is 2.32. The Kier molecular flexibility index (Phi) is 6.06. The highest BCUT2D eigenvalue weighted by molar-refractivity contribution is 7.89. The Morgan fingerprint density at radius 2 is 1.81 bits per heavy atom. The Labute approximate surface area is 190 Å². The third-order valence-electron chi connectivity index (χ3n) is 5.11. The molecule has 1 aromatic heterocycles. The van der Waals surface area contributed by atoms with Crippen molar-refractivity contribution in [3.05, 3.63) is 52.5 Å². The summed E-state index contributed by atoms with van der Waals surface area (Å²) in [5.41, 5.74) is 1.96. The van der Waals surface area contributed by atoms with E-state index in [1.165, 1.54) is 39.9 Å². The van der Waals surface area contributed by atoms with E-state index in [0.717, 1.165) is 15.8 Å². The third kappa shape index (κ3) is 4.47. The standard InChI is InChI=1S/C21H22ClN3O4S2/c1-12-10-25(11-13(2)29-12)31(27,28)16-6-4-15(5-7-16)20(26)24-21-23-19-14(3)17(22)8-9-18(19)30-21/h4-9,12-13H,10-11H2,1-3H3,(H,23,24,26)/t12-,13+. The number of morpholine rings is 1. The van der Waals surface area contributed by atoms with Gasteiger partial charge in [0, 0.05) is 23.7 Å². The number of thiazole rings is 1. The van der Waals surface area contributed by atoms with E-state index in [1.54, 1.807) is 6.07 Å². The number of rotatable bonds is 4. The number of carbonyl (C=O) groups is 1. The molecule has 31 heavy (non-hydrogen) atoms. The Morgan fingerprint density at radius 3 is 2.45 bits per heavy atom. The van der Waals surface area contributed by atoms with E-state index in [1.807, 2.05) is 26.8 Å². The average Bonchev–Trinajstić information content (AvgIpc) is 3.13. The molecule has 4 rings (SSSR count). The van der Waals surface area contributed by atoms with Crippen LogP contribution in [0, 0.1) is 6.92 Å². The second kappa shape index (κ2) is 8.48. The normalized spacial score (nSPS) is 20.1. The number of aromatic nitrogens is 1. The van der Waals surface area contributed by atoms with Gasteiger partial charge in [-0.1, -0.05) is 22.9 Å². The fraction of sp³-hybridized carbons (Fsp3) is 0.333. The van der Waals surface area contributed by atoms with E-state index >= 15 is 0 Å². The smallest absolute Gasteiger partial charge is 0.257 e.